The van der Waals surface area contributed by atoms with Crippen LogP contribution < -0.4 is 5.32 Å². The first-order valence-electron chi connectivity index (χ1n) is 4.99. The third-order valence-electron chi connectivity index (χ3n) is 3.06. The normalized spacial score (nSPS) is 27.7. The summed E-state index contributed by atoms with van der Waals surface area (Å²) in [7, 11) is 0. The summed E-state index contributed by atoms with van der Waals surface area (Å²) in [6.07, 6.45) is 2.87. The average Bonchev–Trinajstić information content (AvgIpc) is 2.71. The molecule has 2 heterocycles. The summed E-state index contributed by atoms with van der Waals surface area (Å²) in [5, 5.41) is 12.0. The minimum atomic E-state index is -0.793. The van der Waals surface area contributed by atoms with E-state index in [0.717, 1.165) is 19.4 Å². The second-order valence-corrected chi connectivity index (χ2v) is 3.87. The van der Waals surface area contributed by atoms with Crippen LogP contribution in [-0.4, -0.2) is 48.1 Å². The van der Waals surface area contributed by atoms with E-state index in [1.54, 1.807) is 6.34 Å². The molecule has 1 amide bonds. The number of carboxylic acid groups (broad SMARTS) is 1. The molecule has 2 aliphatic rings. The van der Waals surface area contributed by atoms with Gasteiger partial charge in [-0.1, -0.05) is 0 Å². The van der Waals surface area contributed by atoms with Crippen LogP contribution in [0.25, 0.3) is 0 Å². The zero-order valence-corrected chi connectivity index (χ0v) is 8.02. The first kappa shape index (κ1) is 9.30. The Labute approximate surface area is 82.8 Å². The van der Waals surface area contributed by atoms with E-state index < -0.39 is 6.09 Å². The smallest absolute Gasteiger partial charge is 0.407 e. The van der Waals surface area contributed by atoms with E-state index >= 15 is 0 Å². The number of nitrogens with zero attached hydrogens (tertiary/aromatic N) is 2. The van der Waals surface area contributed by atoms with Crippen molar-refractivity contribution in [2.24, 2.45) is 10.9 Å². The molecule has 1 unspecified atom stereocenters. The average molecular weight is 197 g/mol. The Morgan fingerprint density at radius 3 is 2.71 bits per heavy atom. The second-order valence-electron chi connectivity index (χ2n) is 3.87. The predicted octanol–water partition coefficient (Wildman–Crippen LogP) is 0.376. The standard InChI is InChI=1S/C9H15N3O2/c13-9(14)12-3-1-7(2-4-12)8-5-10-6-11-8/h6-8H,1-5H2,(H,10,11)(H,13,14). The summed E-state index contributed by atoms with van der Waals surface area (Å²) >= 11 is 0. The van der Waals surface area contributed by atoms with Gasteiger partial charge in [-0.2, -0.15) is 0 Å². The minimum Gasteiger partial charge on any atom is -0.465 e. The highest BCUT2D eigenvalue weighted by Crippen LogP contribution is 2.21. The van der Waals surface area contributed by atoms with Crippen LogP contribution in [0.3, 0.4) is 0 Å². The van der Waals surface area contributed by atoms with Crippen molar-refractivity contribution in [3.8, 4) is 0 Å². The third-order valence-corrected chi connectivity index (χ3v) is 3.06. The molecule has 0 bridgehead atoms. The Bertz CT molecular complexity index is 238. The van der Waals surface area contributed by atoms with Crippen LogP contribution in [0.15, 0.2) is 4.99 Å². The van der Waals surface area contributed by atoms with Crippen LogP contribution in [0.5, 0.6) is 0 Å². The van der Waals surface area contributed by atoms with Crippen molar-refractivity contribution in [3.05, 3.63) is 0 Å². The van der Waals surface area contributed by atoms with E-state index in [2.05, 4.69) is 10.3 Å². The molecule has 1 saturated heterocycles. The van der Waals surface area contributed by atoms with E-state index in [1.807, 2.05) is 0 Å². The zero-order chi connectivity index (χ0) is 9.97. The SMILES string of the molecule is O=C(O)N1CCC(C2CN=CN2)CC1. The van der Waals surface area contributed by atoms with Crippen LogP contribution in [0.4, 0.5) is 4.79 Å². The molecule has 0 aromatic heterocycles. The molecular formula is C9H15N3O2. The summed E-state index contributed by atoms with van der Waals surface area (Å²) in [4.78, 5) is 16.3. The third kappa shape index (κ3) is 1.81. The number of rotatable bonds is 1. The monoisotopic (exact) mass is 197 g/mol. The fourth-order valence-corrected chi connectivity index (χ4v) is 2.15. The zero-order valence-electron chi connectivity index (χ0n) is 8.02. The fourth-order valence-electron chi connectivity index (χ4n) is 2.15. The Hall–Kier alpha value is -1.26. The lowest BCUT2D eigenvalue weighted by atomic mass is 9.90. The molecule has 0 spiro atoms. The summed E-state index contributed by atoms with van der Waals surface area (Å²) < 4.78 is 0. The van der Waals surface area contributed by atoms with Crippen LogP contribution in [0, 0.1) is 5.92 Å². The lowest BCUT2D eigenvalue weighted by Gasteiger charge is -2.32. The van der Waals surface area contributed by atoms with Crippen molar-refractivity contribution in [2.45, 2.75) is 18.9 Å². The molecule has 0 saturated carbocycles. The van der Waals surface area contributed by atoms with Gasteiger partial charge in [-0.3, -0.25) is 4.99 Å². The molecular weight excluding hydrogens is 182 g/mol. The lowest BCUT2D eigenvalue weighted by Crippen LogP contribution is -2.43. The van der Waals surface area contributed by atoms with Crippen LogP contribution in [0.1, 0.15) is 12.8 Å². The van der Waals surface area contributed by atoms with Gasteiger partial charge in [0.1, 0.15) is 0 Å². The lowest BCUT2D eigenvalue weighted by molar-refractivity contribution is 0.120. The predicted molar refractivity (Wildman–Crippen MR) is 52.6 cm³/mol. The molecule has 5 heteroatoms. The van der Waals surface area contributed by atoms with E-state index in [9.17, 15) is 4.79 Å². The number of hydrogen-bond acceptors (Lipinski definition) is 3. The minimum absolute atomic E-state index is 0.436. The van der Waals surface area contributed by atoms with Crippen LogP contribution >= 0.6 is 0 Å². The molecule has 78 valence electrons. The van der Waals surface area contributed by atoms with Crippen molar-refractivity contribution < 1.29 is 9.90 Å². The van der Waals surface area contributed by atoms with Gasteiger partial charge in [0.2, 0.25) is 0 Å². The molecule has 2 N–H and O–H groups in total. The molecule has 14 heavy (non-hydrogen) atoms. The topological polar surface area (TPSA) is 64.9 Å². The van der Waals surface area contributed by atoms with Crippen LogP contribution in [0.2, 0.25) is 0 Å². The first-order chi connectivity index (χ1) is 6.77. The van der Waals surface area contributed by atoms with Gasteiger partial charge in [0.05, 0.1) is 12.9 Å². The van der Waals surface area contributed by atoms with E-state index in [0.29, 0.717) is 25.0 Å². The van der Waals surface area contributed by atoms with E-state index in [-0.39, 0.29) is 0 Å². The Balaban J connectivity index is 1.81. The van der Waals surface area contributed by atoms with Crippen molar-refractivity contribution in [2.75, 3.05) is 19.6 Å². The highest BCUT2D eigenvalue weighted by molar-refractivity contribution is 5.65. The number of aliphatic imine (C=N–C) groups is 1. The molecule has 0 aliphatic carbocycles. The van der Waals surface area contributed by atoms with Gasteiger partial charge in [0.25, 0.3) is 0 Å². The Morgan fingerprint density at radius 2 is 2.21 bits per heavy atom. The number of hydrogen-bond donors (Lipinski definition) is 2. The maximum Gasteiger partial charge on any atom is 0.407 e. The quantitative estimate of drug-likeness (QED) is 0.638. The molecule has 0 radical (unpaired) electrons. The van der Waals surface area contributed by atoms with Crippen molar-refractivity contribution in [1.29, 1.82) is 0 Å². The molecule has 2 aliphatic heterocycles. The number of nitrogens with one attached hydrogen (secondary N) is 1. The van der Waals surface area contributed by atoms with Gasteiger partial charge in [-0.25, -0.2) is 4.79 Å². The molecule has 0 aromatic carbocycles. The van der Waals surface area contributed by atoms with Gasteiger partial charge < -0.3 is 15.3 Å². The number of amides is 1. The van der Waals surface area contributed by atoms with Crippen LogP contribution in [-0.2, 0) is 0 Å². The van der Waals surface area contributed by atoms with Gasteiger partial charge in [0.15, 0.2) is 0 Å². The first-order valence-corrected chi connectivity index (χ1v) is 4.99. The molecule has 5 nitrogen and oxygen atoms in total. The Kier molecular flexibility index (Phi) is 2.56. The maximum absolute atomic E-state index is 10.7. The second kappa shape index (κ2) is 3.86. The Morgan fingerprint density at radius 1 is 1.50 bits per heavy atom. The van der Waals surface area contributed by atoms with Gasteiger partial charge in [-0.05, 0) is 18.8 Å². The summed E-state index contributed by atoms with van der Waals surface area (Å²) in [5.74, 6) is 0.577. The van der Waals surface area contributed by atoms with Crippen molar-refractivity contribution in [1.82, 2.24) is 10.2 Å². The molecule has 2 rings (SSSR count). The van der Waals surface area contributed by atoms with E-state index in [4.69, 9.17) is 5.11 Å². The fraction of sp³-hybridized carbons (Fsp3) is 0.778. The van der Waals surface area contributed by atoms with Gasteiger partial charge in [0, 0.05) is 19.1 Å². The van der Waals surface area contributed by atoms with Crippen molar-refractivity contribution >= 4 is 12.4 Å². The number of carbonyl (C=O) groups is 1. The number of piperidine rings is 1. The largest absolute Gasteiger partial charge is 0.465 e. The summed E-state index contributed by atoms with van der Waals surface area (Å²) in [5.41, 5.74) is 0. The maximum atomic E-state index is 10.7. The van der Waals surface area contributed by atoms with E-state index in [1.165, 1.54) is 4.90 Å². The highest BCUT2D eigenvalue weighted by Gasteiger charge is 2.28. The van der Waals surface area contributed by atoms with Gasteiger partial charge >= 0.3 is 6.09 Å². The molecule has 1 fully saturated rings. The number of likely N-dealkylation sites (tertiary alicyclic amines) is 1. The highest BCUT2D eigenvalue weighted by atomic mass is 16.4. The molecule has 1 atom stereocenters. The summed E-state index contributed by atoms with van der Waals surface area (Å²) in [6, 6.07) is 0.436. The summed E-state index contributed by atoms with van der Waals surface area (Å²) in [6.45, 7) is 2.17. The van der Waals surface area contributed by atoms with Gasteiger partial charge in [-0.15, -0.1) is 0 Å². The molecule has 0 aromatic rings. The van der Waals surface area contributed by atoms with Crippen molar-refractivity contribution in [3.63, 3.8) is 0 Å².